The summed E-state index contributed by atoms with van der Waals surface area (Å²) in [4.78, 5) is 0. The molecule has 1 N–H and O–H groups in total. The summed E-state index contributed by atoms with van der Waals surface area (Å²) < 4.78 is 12.2. The van der Waals surface area contributed by atoms with Gasteiger partial charge in [-0.2, -0.15) is 0 Å². The molecule has 0 radical (unpaired) electrons. The topological polar surface area (TPSA) is 33.4 Å². The third-order valence-electron chi connectivity index (χ3n) is 7.09. The van der Waals surface area contributed by atoms with E-state index in [2.05, 4.69) is 60.9 Å². The van der Waals surface area contributed by atoms with Crippen molar-refractivity contribution in [1.29, 1.82) is 0 Å². The Morgan fingerprint density at radius 3 is 1.70 bits per heavy atom. The number of aliphatic hydroxyl groups excluding tert-OH is 1. The van der Waals surface area contributed by atoms with Crippen molar-refractivity contribution in [3.05, 3.63) is 11.8 Å². The zero-order chi connectivity index (χ0) is 20.7. The van der Waals surface area contributed by atoms with Gasteiger partial charge in [0.15, 0.2) is 0 Å². The standard InChI is InChI=1S/C11H19O2Si.3C4H9.Sn/c1-11(2,3)14(4,5)10-9(8-12)6-7-13-10;3*1-3-4-2;/h7,12H,8H2,1-5H3;3*1,3-4H2,2H3;. The Kier molecular flexibility index (Phi) is 10.2. The van der Waals surface area contributed by atoms with Crippen molar-refractivity contribution in [2.24, 2.45) is 0 Å². The maximum absolute atomic E-state index is 10.5. The van der Waals surface area contributed by atoms with Crippen molar-refractivity contribution in [2.45, 2.75) is 118 Å². The van der Waals surface area contributed by atoms with Crippen LogP contribution in [0.4, 0.5) is 0 Å². The molecule has 1 rings (SSSR count). The van der Waals surface area contributed by atoms with Crippen LogP contribution < -0.4 is 8.96 Å². The van der Waals surface area contributed by atoms with E-state index in [0.717, 1.165) is 0 Å². The zero-order valence-corrected chi connectivity index (χ0v) is 23.4. The predicted octanol–water partition coefficient (Wildman–Crippen LogP) is 6.54. The third kappa shape index (κ3) is 5.88. The molecule has 0 spiro atoms. The number of furan rings is 1. The van der Waals surface area contributed by atoms with Gasteiger partial charge in [-0.25, -0.2) is 0 Å². The van der Waals surface area contributed by atoms with Crippen LogP contribution in [-0.2, 0) is 6.61 Å². The summed E-state index contributed by atoms with van der Waals surface area (Å²) in [7, 11) is -1.79. The minimum atomic E-state index is -2.58. The summed E-state index contributed by atoms with van der Waals surface area (Å²) in [5, 5.41) is 11.9. The molecule has 158 valence electrons. The van der Waals surface area contributed by atoms with Gasteiger partial charge < -0.3 is 0 Å². The van der Waals surface area contributed by atoms with Gasteiger partial charge in [0.2, 0.25) is 0 Å². The van der Waals surface area contributed by atoms with E-state index in [4.69, 9.17) is 4.42 Å². The van der Waals surface area contributed by atoms with Crippen LogP contribution in [0.1, 0.15) is 85.6 Å². The van der Waals surface area contributed by atoms with Gasteiger partial charge in [0.05, 0.1) is 0 Å². The second-order valence-electron chi connectivity index (χ2n) is 10.1. The van der Waals surface area contributed by atoms with Crippen molar-refractivity contribution >= 4 is 35.4 Å². The first-order valence-electron chi connectivity index (χ1n) is 11.3. The molecule has 27 heavy (non-hydrogen) atoms. The van der Waals surface area contributed by atoms with Crippen molar-refractivity contribution in [3.8, 4) is 0 Å². The molecular weight excluding hydrogens is 455 g/mol. The van der Waals surface area contributed by atoms with Gasteiger partial charge in [-0.3, -0.25) is 0 Å². The Balaban J connectivity index is 3.52. The van der Waals surface area contributed by atoms with Crippen LogP contribution in [0, 0.1) is 0 Å². The molecule has 0 aliphatic rings. The van der Waals surface area contributed by atoms with Crippen LogP contribution in [0.3, 0.4) is 0 Å². The van der Waals surface area contributed by atoms with Crippen LogP contribution >= 0.6 is 0 Å². The first-order valence-corrected chi connectivity index (χ1v) is 21.8. The van der Waals surface area contributed by atoms with Gasteiger partial charge in [-0.15, -0.1) is 0 Å². The Morgan fingerprint density at radius 2 is 1.37 bits per heavy atom. The van der Waals surface area contributed by atoms with E-state index in [9.17, 15) is 5.11 Å². The number of rotatable bonds is 12. The van der Waals surface area contributed by atoms with Gasteiger partial charge >= 0.3 is 175 Å². The summed E-state index contributed by atoms with van der Waals surface area (Å²) in [5.74, 6) is 0. The quantitative estimate of drug-likeness (QED) is 0.330. The van der Waals surface area contributed by atoms with Crippen LogP contribution in [0.25, 0.3) is 0 Å². The van der Waals surface area contributed by atoms with Gasteiger partial charge in [-0.1, -0.05) is 0 Å². The van der Waals surface area contributed by atoms with Crippen molar-refractivity contribution in [1.82, 2.24) is 0 Å². The monoisotopic (exact) mass is 502 g/mol. The van der Waals surface area contributed by atoms with Crippen LogP contribution in [0.2, 0.25) is 31.4 Å². The second-order valence-corrected chi connectivity index (χ2v) is 28.4. The van der Waals surface area contributed by atoms with Gasteiger partial charge in [0.25, 0.3) is 0 Å². The normalized spacial score (nSPS) is 13.4. The van der Waals surface area contributed by atoms with Crippen molar-refractivity contribution in [3.63, 3.8) is 0 Å². The number of aliphatic hydroxyl groups is 1. The van der Waals surface area contributed by atoms with Gasteiger partial charge in [-0.05, 0) is 0 Å². The minimum absolute atomic E-state index is 0.163. The summed E-state index contributed by atoms with van der Waals surface area (Å²) in [5.41, 5.74) is 1.22. The first kappa shape index (κ1) is 25.3. The van der Waals surface area contributed by atoms with Crippen molar-refractivity contribution in [2.75, 3.05) is 0 Å². The fraction of sp³-hybridized carbons (Fsp3) is 0.826. The molecular formula is C23H46O2SiSn. The number of hydrogen-bond donors (Lipinski definition) is 1. The Labute approximate surface area is 174 Å². The molecule has 0 aliphatic carbocycles. The predicted molar refractivity (Wildman–Crippen MR) is 126 cm³/mol. The molecule has 1 heterocycles. The number of unbranched alkanes of at least 4 members (excludes halogenated alkanes) is 3. The Morgan fingerprint density at radius 1 is 0.926 bits per heavy atom. The molecule has 0 aliphatic heterocycles. The molecule has 0 bridgehead atoms. The molecule has 0 saturated heterocycles. The average molecular weight is 501 g/mol. The molecule has 0 amide bonds. The number of hydrogen-bond acceptors (Lipinski definition) is 2. The SMILES string of the molecule is CCC[CH2][Sn]([CH2]CCC)([CH2]CCC)[c]1coc([Si](C)(C)C(C)(C)C)c1CO. The summed E-state index contributed by atoms with van der Waals surface area (Å²) in [6.07, 6.45) is 9.99. The molecule has 0 saturated carbocycles. The van der Waals surface area contributed by atoms with E-state index in [0.29, 0.717) is 0 Å². The van der Waals surface area contributed by atoms with Gasteiger partial charge in [0.1, 0.15) is 0 Å². The van der Waals surface area contributed by atoms with Crippen LogP contribution in [0.15, 0.2) is 10.7 Å². The fourth-order valence-corrected chi connectivity index (χ4v) is 23.1. The second kappa shape index (κ2) is 10.9. The molecule has 1 aromatic rings. The van der Waals surface area contributed by atoms with E-state index < -0.39 is 26.5 Å². The zero-order valence-electron chi connectivity index (χ0n) is 19.5. The summed E-state index contributed by atoms with van der Waals surface area (Å²) >= 11 is -2.58. The molecule has 4 heteroatoms. The maximum atomic E-state index is 10.5. The molecule has 0 aromatic carbocycles. The fourth-order valence-electron chi connectivity index (χ4n) is 4.17. The Bertz CT molecular complexity index is 535. The van der Waals surface area contributed by atoms with Crippen LogP contribution in [-0.4, -0.2) is 31.6 Å². The average Bonchev–Trinajstić information content (AvgIpc) is 3.06. The molecule has 0 fully saturated rings. The van der Waals surface area contributed by atoms with E-state index in [1.807, 2.05) is 0 Å². The Hall–Kier alpha value is 0.256. The third-order valence-corrected chi connectivity index (χ3v) is 28.1. The van der Waals surface area contributed by atoms with Crippen molar-refractivity contribution < 1.29 is 9.52 Å². The van der Waals surface area contributed by atoms with E-state index in [1.165, 1.54) is 62.8 Å². The van der Waals surface area contributed by atoms with E-state index >= 15 is 0 Å². The van der Waals surface area contributed by atoms with Gasteiger partial charge in [0, 0.05) is 0 Å². The van der Waals surface area contributed by atoms with E-state index in [1.54, 1.807) is 3.58 Å². The van der Waals surface area contributed by atoms with E-state index in [-0.39, 0.29) is 11.6 Å². The van der Waals surface area contributed by atoms with Crippen LogP contribution in [0.5, 0.6) is 0 Å². The molecule has 0 atom stereocenters. The summed E-state index contributed by atoms with van der Waals surface area (Å²) in [6.45, 7) is 19.0. The first-order chi connectivity index (χ1) is 12.6. The molecule has 0 unspecified atom stereocenters. The molecule has 2 nitrogen and oxygen atoms in total. The summed E-state index contributed by atoms with van der Waals surface area (Å²) in [6, 6.07) is 0. The molecule has 1 aromatic heterocycles.